The summed E-state index contributed by atoms with van der Waals surface area (Å²) in [5.41, 5.74) is 12.9. The lowest BCUT2D eigenvalue weighted by molar-refractivity contribution is 0.415. The second kappa shape index (κ2) is 7.58. The molecule has 1 aliphatic rings. The molecule has 2 aromatic carbocycles. The maximum absolute atomic E-state index is 9.72. The van der Waals surface area contributed by atoms with Gasteiger partial charge in [-0.3, -0.25) is 0 Å². The molecule has 0 unspecified atom stereocenters. The summed E-state index contributed by atoms with van der Waals surface area (Å²) in [5.74, 6) is 1.13. The summed E-state index contributed by atoms with van der Waals surface area (Å²) in [5, 5.41) is 9.72. The summed E-state index contributed by atoms with van der Waals surface area (Å²) in [7, 11) is 1.66. The van der Waals surface area contributed by atoms with Gasteiger partial charge < -0.3 is 10.5 Å². The first kappa shape index (κ1) is 17.8. The largest absolute Gasteiger partial charge is 0.497 e. The highest BCUT2D eigenvalue weighted by Crippen LogP contribution is 2.40. The fraction of sp³-hybridized carbons (Fsp3) is 0.167. The lowest BCUT2D eigenvalue weighted by Gasteiger charge is -2.23. The number of nitrogens with two attached hydrogens (primary N) is 1. The molecule has 0 radical (unpaired) electrons. The van der Waals surface area contributed by atoms with E-state index in [0.717, 1.165) is 58.5 Å². The number of nitrogens with zero attached hydrogens (tertiary/aromatic N) is 2. The number of allylic oxidation sites excluding steroid dienone is 1. The normalized spacial score (nSPS) is 14.4. The third kappa shape index (κ3) is 3.23. The zero-order chi connectivity index (χ0) is 19.5. The van der Waals surface area contributed by atoms with E-state index in [1.807, 2.05) is 54.6 Å². The van der Waals surface area contributed by atoms with E-state index in [9.17, 15) is 5.26 Å². The van der Waals surface area contributed by atoms with E-state index in [1.165, 1.54) is 0 Å². The van der Waals surface area contributed by atoms with Crippen LogP contribution in [0, 0.1) is 11.3 Å². The van der Waals surface area contributed by atoms with Crippen molar-refractivity contribution in [3.8, 4) is 22.9 Å². The number of rotatable bonds is 3. The number of pyridine rings is 1. The number of ether oxygens (including phenoxy) is 1. The SMILES string of the molecule is COc1ccc(C=C2CCCc3c2nc(N)c(C#N)c3-c2ccccc2)cc1. The van der Waals surface area contributed by atoms with Gasteiger partial charge in [0, 0.05) is 5.56 Å². The fourth-order valence-electron chi connectivity index (χ4n) is 3.80. The molecule has 4 heteroatoms. The van der Waals surface area contributed by atoms with Crippen LogP contribution in [-0.2, 0) is 6.42 Å². The number of hydrogen-bond donors (Lipinski definition) is 1. The smallest absolute Gasteiger partial charge is 0.142 e. The van der Waals surface area contributed by atoms with Crippen molar-refractivity contribution in [2.45, 2.75) is 19.3 Å². The molecule has 0 bridgehead atoms. The van der Waals surface area contributed by atoms with E-state index in [4.69, 9.17) is 10.5 Å². The maximum atomic E-state index is 9.72. The second-order valence-electron chi connectivity index (χ2n) is 6.85. The Morgan fingerprint density at radius 1 is 1.07 bits per heavy atom. The second-order valence-corrected chi connectivity index (χ2v) is 6.85. The third-order valence-electron chi connectivity index (χ3n) is 5.13. The quantitative estimate of drug-likeness (QED) is 0.700. The Bertz CT molecular complexity index is 1080. The first-order chi connectivity index (χ1) is 13.7. The van der Waals surface area contributed by atoms with Crippen LogP contribution in [0.25, 0.3) is 22.8 Å². The number of methoxy groups -OCH3 is 1. The van der Waals surface area contributed by atoms with Crippen LogP contribution in [0.1, 0.15) is 35.2 Å². The summed E-state index contributed by atoms with van der Waals surface area (Å²) >= 11 is 0. The summed E-state index contributed by atoms with van der Waals surface area (Å²) in [6.45, 7) is 0. The number of fused-ring (bicyclic) bond motifs is 1. The summed E-state index contributed by atoms with van der Waals surface area (Å²) < 4.78 is 5.24. The van der Waals surface area contributed by atoms with Gasteiger partial charge >= 0.3 is 0 Å². The molecule has 138 valence electrons. The molecular formula is C24H21N3O. The summed E-state index contributed by atoms with van der Waals surface area (Å²) in [6, 6.07) is 20.2. The molecule has 0 saturated heterocycles. The van der Waals surface area contributed by atoms with E-state index >= 15 is 0 Å². The van der Waals surface area contributed by atoms with Crippen molar-refractivity contribution in [3.05, 3.63) is 77.0 Å². The van der Waals surface area contributed by atoms with Crippen LogP contribution in [-0.4, -0.2) is 12.1 Å². The third-order valence-corrected chi connectivity index (χ3v) is 5.13. The molecule has 28 heavy (non-hydrogen) atoms. The number of hydrogen-bond acceptors (Lipinski definition) is 4. The molecule has 0 spiro atoms. The molecular weight excluding hydrogens is 346 g/mol. The summed E-state index contributed by atoms with van der Waals surface area (Å²) in [4.78, 5) is 4.64. The molecule has 0 fully saturated rings. The van der Waals surface area contributed by atoms with Crippen LogP contribution in [0.4, 0.5) is 5.82 Å². The van der Waals surface area contributed by atoms with E-state index in [2.05, 4.69) is 17.1 Å². The van der Waals surface area contributed by atoms with E-state index in [1.54, 1.807) is 7.11 Å². The van der Waals surface area contributed by atoms with Crippen LogP contribution in [0.5, 0.6) is 5.75 Å². The van der Waals surface area contributed by atoms with Gasteiger partial charge in [0.2, 0.25) is 0 Å². The van der Waals surface area contributed by atoms with Crippen LogP contribution >= 0.6 is 0 Å². The van der Waals surface area contributed by atoms with Gasteiger partial charge in [0.15, 0.2) is 0 Å². The lowest BCUT2D eigenvalue weighted by Crippen LogP contribution is -2.11. The monoisotopic (exact) mass is 367 g/mol. The number of benzene rings is 2. The first-order valence-electron chi connectivity index (χ1n) is 9.34. The zero-order valence-corrected chi connectivity index (χ0v) is 15.8. The van der Waals surface area contributed by atoms with Gasteiger partial charge in [-0.25, -0.2) is 4.98 Å². The molecule has 1 aliphatic carbocycles. The van der Waals surface area contributed by atoms with Crippen molar-refractivity contribution in [1.29, 1.82) is 5.26 Å². The van der Waals surface area contributed by atoms with Gasteiger partial charge in [0.1, 0.15) is 23.2 Å². The highest BCUT2D eigenvalue weighted by atomic mass is 16.5. The minimum Gasteiger partial charge on any atom is -0.497 e. The summed E-state index contributed by atoms with van der Waals surface area (Å²) in [6.07, 6.45) is 5.00. The van der Waals surface area contributed by atoms with Gasteiger partial charge in [0.25, 0.3) is 0 Å². The molecule has 1 heterocycles. The van der Waals surface area contributed by atoms with Gasteiger partial charge in [-0.05, 0) is 59.7 Å². The fourth-order valence-corrected chi connectivity index (χ4v) is 3.80. The predicted molar refractivity (Wildman–Crippen MR) is 113 cm³/mol. The Kier molecular flexibility index (Phi) is 4.82. The highest BCUT2D eigenvalue weighted by molar-refractivity contribution is 5.89. The number of anilines is 1. The minimum absolute atomic E-state index is 0.294. The Labute approximate surface area is 164 Å². The van der Waals surface area contributed by atoms with E-state index in [0.29, 0.717) is 11.4 Å². The van der Waals surface area contributed by atoms with Crippen LogP contribution in [0.3, 0.4) is 0 Å². The molecule has 2 N–H and O–H groups in total. The lowest BCUT2D eigenvalue weighted by atomic mass is 9.83. The Morgan fingerprint density at radius 3 is 2.50 bits per heavy atom. The molecule has 4 rings (SSSR count). The first-order valence-corrected chi connectivity index (χ1v) is 9.34. The van der Waals surface area contributed by atoms with Crippen molar-refractivity contribution in [3.63, 3.8) is 0 Å². The van der Waals surface area contributed by atoms with E-state index < -0.39 is 0 Å². The molecule has 0 saturated carbocycles. The topological polar surface area (TPSA) is 71.9 Å². The highest BCUT2D eigenvalue weighted by Gasteiger charge is 2.24. The molecule has 1 aromatic heterocycles. The van der Waals surface area contributed by atoms with Gasteiger partial charge in [0.05, 0.1) is 12.8 Å². The van der Waals surface area contributed by atoms with Crippen molar-refractivity contribution < 1.29 is 4.74 Å². The molecule has 3 aromatic rings. The van der Waals surface area contributed by atoms with Crippen molar-refractivity contribution in [2.75, 3.05) is 12.8 Å². The number of aromatic nitrogens is 1. The minimum atomic E-state index is 0.294. The number of nitrogen functional groups attached to an aromatic ring is 1. The van der Waals surface area contributed by atoms with Crippen LogP contribution in [0.2, 0.25) is 0 Å². The Hall–Kier alpha value is -3.58. The Morgan fingerprint density at radius 2 is 1.82 bits per heavy atom. The zero-order valence-electron chi connectivity index (χ0n) is 15.8. The molecule has 0 aliphatic heterocycles. The molecule has 4 nitrogen and oxygen atoms in total. The average molecular weight is 367 g/mol. The standard InChI is InChI=1S/C24H21N3O/c1-28-19-12-10-16(11-13-19)14-18-8-5-9-20-22(17-6-3-2-4-7-17)21(15-25)24(26)27-23(18)20/h2-4,6-7,10-14H,5,8-9H2,1H3,(H2,26,27). The van der Waals surface area contributed by atoms with Gasteiger partial charge in [-0.2, -0.15) is 5.26 Å². The van der Waals surface area contributed by atoms with Crippen molar-refractivity contribution >= 4 is 17.5 Å². The Balaban J connectivity index is 1.89. The maximum Gasteiger partial charge on any atom is 0.142 e. The van der Waals surface area contributed by atoms with Crippen molar-refractivity contribution in [2.24, 2.45) is 0 Å². The van der Waals surface area contributed by atoms with Crippen molar-refractivity contribution in [1.82, 2.24) is 4.98 Å². The average Bonchev–Trinajstić information content (AvgIpc) is 2.74. The number of nitriles is 1. The molecule has 0 atom stereocenters. The van der Waals surface area contributed by atoms with E-state index in [-0.39, 0.29) is 0 Å². The van der Waals surface area contributed by atoms with Crippen LogP contribution < -0.4 is 10.5 Å². The predicted octanol–water partition coefficient (Wildman–Crippen LogP) is 5.09. The molecule has 0 amide bonds. The van der Waals surface area contributed by atoms with Gasteiger partial charge in [-0.15, -0.1) is 0 Å². The van der Waals surface area contributed by atoms with Crippen LogP contribution in [0.15, 0.2) is 54.6 Å². The van der Waals surface area contributed by atoms with Gasteiger partial charge in [-0.1, -0.05) is 42.5 Å².